The van der Waals surface area contributed by atoms with E-state index in [0.29, 0.717) is 0 Å². The van der Waals surface area contributed by atoms with Gasteiger partial charge in [0.05, 0.1) is 12.4 Å². The van der Waals surface area contributed by atoms with Crippen LogP contribution in [0.5, 0.6) is 0 Å². The van der Waals surface area contributed by atoms with Crippen molar-refractivity contribution in [3.05, 3.63) is 12.4 Å². The highest BCUT2D eigenvalue weighted by atomic mass is 15.2. The highest BCUT2D eigenvalue weighted by Gasteiger charge is 2.39. The lowest BCUT2D eigenvalue weighted by Gasteiger charge is -2.27. The Bertz CT molecular complexity index is 420. The number of anilines is 2. The van der Waals surface area contributed by atoms with Gasteiger partial charge in [0, 0.05) is 20.6 Å². The van der Waals surface area contributed by atoms with Crippen molar-refractivity contribution in [2.45, 2.75) is 25.7 Å². The predicted octanol–water partition coefficient (Wildman–Crippen LogP) is 2.39. The van der Waals surface area contributed by atoms with Gasteiger partial charge in [-0.2, -0.15) is 0 Å². The zero-order valence-electron chi connectivity index (χ0n) is 11.3. The van der Waals surface area contributed by atoms with Crippen LogP contribution in [-0.2, 0) is 0 Å². The Kier molecular flexibility index (Phi) is 3.10. The van der Waals surface area contributed by atoms with Gasteiger partial charge in [0.1, 0.15) is 11.6 Å². The second-order valence-electron chi connectivity index (χ2n) is 5.83. The Morgan fingerprint density at radius 2 is 2.22 bits per heavy atom. The van der Waals surface area contributed by atoms with Crippen molar-refractivity contribution >= 4 is 11.6 Å². The maximum Gasteiger partial charge on any atom is 0.149 e. The first-order chi connectivity index (χ1) is 8.76. The van der Waals surface area contributed by atoms with Crippen LogP contribution in [0.4, 0.5) is 11.6 Å². The standard InChI is InChI=1S/C14H22N4/c1-15-13-7-16-8-14(17-13)18(2)9-12-6-10-3-4-11(12)5-10/h7-8,10-12H,3-6,9H2,1-2H3,(H,15,17). The monoisotopic (exact) mass is 246 g/mol. The molecule has 2 bridgehead atoms. The summed E-state index contributed by atoms with van der Waals surface area (Å²) in [7, 11) is 4.01. The lowest BCUT2D eigenvalue weighted by Crippen LogP contribution is -2.29. The molecular weight excluding hydrogens is 224 g/mol. The summed E-state index contributed by atoms with van der Waals surface area (Å²) < 4.78 is 0. The van der Waals surface area contributed by atoms with Gasteiger partial charge in [-0.25, -0.2) is 4.98 Å². The first-order valence-electron chi connectivity index (χ1n) is 6.97. The van der Waals surface area contributed by atoms with Crippen molar-refractivity contribution in [2.24, 2.45) is 17.8 Å². The SMILES string of the molecule is CNc1cncc(N(C)CC2CC3CCC2C3)n1. The molecule has 0 saturated heterocycles. The van der Waals surface area contributed by atoms with Crippen molar-refractivity contribution in [3.8, 4) is 0 Å². The molecule has 18 heavy (non-hydrogen) atoms. The van der Waals surface area contributed by atoms with Gasteiger partial charge in [-0.1, -0.05) is 6.42 Å². The molecule has 0 aromatic carbocycles. The third kappa shape index (κ3) is 2.16. The Hall–Kier alpha value is -1.32. The summed E-state index contributed by atoms with van der Waals surface area (Å²) in [6.07, 6.45) is 9.43. The molecule has 0 radical (unpaired) electrons. The average Bonchev–Trinajstić information content (AvgIpc) is 3.01. The molecule has 0 spiro atoms. The molecule has 1 N–H and O–H groups in total. The molecule has 3 atom stereocenters. The van der Waals surface area contributed by atoms with Gasteiger partial charge in [0.15, 0.2) is 0 Å². The van der Waals surface area contributed by atoms with Gasteiger partial charge >= 0.3 is 0 Å². The van der Waals surface area contributed by atoms with Crippen LogP contribution in [0.3, 0.4) is 0 Å². The van der Waals surface area contributed by atoms with Crippen LogP contribution in [-0.4, -0.2) is 30.6 Å². The summed E-state index contributed by atoms with van der Waals surface area (Å²) in [6, 6.07) is 0. The summed E-state index contributed by atoms with van der Waals surface area (Å²) in [5, 5.41) is 3.04. The average molecular weight is 246 g/mol. The van der Waals surface area contributed by atoms with E-state index < -0.39 is 0 Å². The zero-order chi connectivity index (χ0) is 12.5. The van der Waals surface area contributed by atoms with Crippen molar-refractivity contribution in [1.82, 2.24) is 9.97 Å². The van der Waals surface area contributed by atoms with E-state index in [4.69, 9.17) is 0 Å². The Balaban J connectivity index is 1.65. The molecule has 2 aliphatic rings. The number of hydrogen-bond acceptors (Lipinski definition) is 4. The normalized spacial score (nSPS) is 29.6. The first-order valence-corrected chi connectivity index (χ1v) is 6.97. The molecule has 1 aromatic rings. The molecule has 2 saturated carbocycles. The van der Waals surface area contributed by atoms with Crippen LogP contribution in [0.15, 0.2) is 12.4 Å². The van der Waals surface area contributed by atoms with Gasteiger partial charge in [0.2, 0.25) is 0 Å². The molecular formula is C14H22N4. The third-order valence-corrected chi connectivity index (χ3v) is 4.66. The van der Waals surface area contributed by atoms with E-state index in [1.54, 1.807) is 6.20 Å². The lowest BCUT2D eigenvalue weighted by molar-refractivity contribution is 0.337. The van der Waals surface area contributed by atoms with Crippen molar-refractivity contribution in [1.29, 1.82) is 0 Å². The second kappa shape index (κ2) is 4.75. The Labute approximate surface area is 109 Å². The maximum atomic E-state index is 4.55. The predicted molar refractivity (Wildman–Crippen MR) is 73.8 cm³/mol. The highest BCUT2D eigenvalue weighted by molar-refractivity contribution is 5.42. The van der Waals surface area contributed by atoms with Gasteiger partial charge in [-0.05, 0) is 37.0 Å². The summed E-state index contributed by atoms with van der Waals surface area (Å²) in [4.78, 5) is 11.0. The molecule has 1 aromatic heterocycles. The van der Waals surface area contributed by atoms with E-state index in [2.05, 4.69) is 27.2 Å². The quantitative estimate of drug-likeness (QED) is 0.885. The second-order valence-corrected chi connectivity index (χ2v) is 5.83. The molecule has 4 heteroatoms. The largest absolute Gasteiger partial charge is 0.372 e. The smallest absolute Gasteiger partial charge is 0.149 e. The van der Waals surface area contributed by atoms with Crippen LogP contribution in [0.1, 0.15) is 25.7 Å². The molecule has 2 aliphatic carbocycles. The lowest BCUT2D eigenvalue weighted by atomic mass is 9.88. The van der Waals surface area contributed by atoms with Crippen LogP contribution < -0.4 is 10.2 Å². The summed E-state index contributed by atoms with van der Waals surface area (Å²) in [5.41, 5.74) is 0. The number of hydrogen-bond donors (Lipinski definition) is 1. The fraction of sp³-hybridized carbons (Fsp3) is 0.714. The fourth-order valence-electron chi connectivity index (χ4n) is 3.71. The van der Waals surface area contributed by atoms with Crippen LogP contribution in [0, 0.1) is 17.8 Å². The van der Waals surface area contributed by atoms with E-state index in [-0.39, 0.29) is 0 Å². The van der Waals surface area contributed by atoms with E-state index in [1.807, 2.05) is 13.2 Å². The Morgan fingerprint density at radius 3 is 2.89 bits per heavy atom. The molecule has 1 heterocycles. The van der Waals surface area contributed by atoms with Crippen molar-refractivity contribution < 1.29 is 0 Å². The number of rotatable bonds is 4. The van der Waals surface area contributed by atoms with E-state index in [0.717, 1.165) is 35.9 Å². The van der Waals surface area contributed by atoms with Gasteiger partial charge in [-0.3, -0.25) is 4.98 Å². The molecule has 98 valence electrons. The van der Waals surface area contributed by atoms with Crippen LogP contribution >= 0.6 is 0 Å². The molecule has 2 fully saturated rings. The molecule has 3 unspecified atom stereocenters. The fourth-order valence-corrected chi connectivity index (χ4v) is 3.71. The number of nitrogens with one attached hydrogen (secondary N) is 1. The van der Waals surface area contributed by atoms with Crippen molar-refractivity contribution in [3.63, 3.8) is 0 Å². The van der Waals surface area contributed by atoms with E-state index >= 15 is 0 Å². The number of fused-ring (bicyclic) bond motifs is 2. The highest BCUT2D eigenvalue weighted by Crippen LogP contribution is 2.48. The first kappa shape index (κ1) is 11.8. The number of nitrogens with zero attached hydrogens (tertiary/aromatic N) is 3. The summed E-state index contributed by atoms with van der Waals surface area (Å²) >= 11 is 0. The van der Waals surface area contributed by atoms with Crippen LogP contribution in [0.25, 0.3) is 0 Å². The van der Waals surface area contributed by atoms with Crippen molar-refractivity contribution in [2.75, 3.05) is 30.9 Å². The molecule has 3 rings (SSSR count). The summed E-state index contributed by atoms with van der Waals surface area (Å²) in [6.45, 7) is 1.13. The third-order valence-electron chi connectivity index (χ3n) is 4.66. The molecule has 0 aliphatic heterocycles. The van der Waals surface area contributed by atoms with Gasteiger partial charge in [-0.15, -0.1) is 0 Å². The zero-order valence-corrected chi connectivity index (χ0v) is 11.3. The van der Waals surface area contributed by atoms with Gasteiger partial charge < -0.3 is 10.2 Å². The maximum absolute atomic E-state index is 4.55. The molecule has 4 nitrogen and oxygen atoms in total. The minimum atomic E-state index is 0.840. The van der Waals surface area contributed by atoms with E-state index in [9.17, 15) is 0 Å². The Morgan fingerprint density at radius 1 is 1.33 bits per heavy atom. The number of aromatic nitrogens is 2. The van der Waals surface area contributed by atoms with E-state index in [1.165, 1.54) is 25.7 Å². The topological polar surface area (TPSA) is 41.1 Å². The molecule has 0 amide bonds. The minimum absolute atomic E-state index is 0.840. The van der Waals surface area contributed by atoms with Gasteiger partial charge in [0.25, 0.3) is 0 Å². The summed E-state index contributed by atoms with van der Waals surface area (Å²) in [5.74, 6) is 4.67. The van der Waals surface area contributed by atoms with Crippen LogP contribution in [0.2, 0.25) is 0 Å². The minimum Gasteiger partial charge on any atom is -0.372 e.